The molecule has 6 N–H and O–H groups in total. The Morgan fingerprint density at radius 1 is 1.06 bits per heavy atom. The van der Waals surface area contributed by atoms with Gasteiger partial charge in [0.15, 0.2) is 29.1 Å². The molecule has 0 amide bonds. The first kappa shape index (κ1) is 24.9. The molecule has 0 radical (unpaired) electrons. The highest BCUT2D eigenvalue weighted by molar-refractivity contribution is 7.70. The zero-order chi connectivity index (χ0) is 24.5. The normalized spacial score (nSPS) is 24.9. The number of aromatic nitrogens is 4. The second-order valence-electron chi connectivity index (χ2n) is 7.67. The van der Waals surface area contributed by atoms with E-state index in [1.807, 2.05) is 30.3 Å². The zero-order valence-electron chi connectivity index (χ0n) is 17.5. The first-order valence-corrected chi connectivity index (χ1v) is 13.6. The average Bonchev–Trinajstić information content (AvgIpc) is 3.32. The Kier molecular flexibility index (Phi) is 7.15. The van der Waals surface area contributed by atoms with Crippen LogP contribution >= 0.6 is 15.2 Å². The highest BCUT2D eigenvalue weighted by atomic mass is 31.2. The van der Waals surface area contributed by atoms with Gasteiger partial charge in [0.2, 0.25) is 0 Å². The van der Waals surface area contributed by atoms with E-state index in [2.05, 4.69) is 20.3 Å². The minimum atomic E-state index is -4.81. The smallest absolute Gasteiger partial charge is 0.340 e. The van der Waals surface area contributed by atoms with E-state index in [-0.39, 0.29) is 0 Å². The lowest BCUT2D eigenvalue weighted by Crippen LogP contribution is -2.33. The Morgan fingerprint density at radius 3 is 2.50 bits per heavy atom. The summed E-state index contributed by atoms with van der Waals surface area (Å²) in [7, 11) is -9.46. The first-order chi connectivity index (χ1) is 16.0. The lowest BCUT2D eigenvalue weighted by atomic mass is 10.1. The highest BCUT2D eigenvalue weighted by Crippen LogP contribution is 2.55. The number of aliphatic hydroxyl groups is 2. The van der Waals surface area contributed by atoms with Gasteiger partial charge in [0, 0.05) is 6.54 Å². The Morgan fingerprint density at radius 2 is 1.79 bits per heavy atom. The Balaban J connectivity index is 1.48. The number of nitrogens with zero attached hydrogens (tertiary/aromatic N) is 4. The molecule has 3 aromatic rings. The maximum absolute atomic E-state index is 11.9. The molecule has 0 spiro atoms. The van der Waals surface area contributed by atoms with Crippen molar-refractivity contribution in [2.45, 2.75) is 31.1 Å². The Bertz CT molecular complexity index is 1240. The molecule has 1 aliphatic rings. The van der Waals surface area contributed by atoms with Crippen molar-refractivity contribution >= 4 is 32.2 Å². The number of anilines is 1. The molecule has 1 aromatic carbocycles. The summed E-state index contributed by atoms with van der Waals surface area (Å²) in [6.07, 6.45) is -2.76. The van der Waals surface area contributed by atoms with Crippen LogP contribution in [0.4, 0.5) is 5.82 Å². The monoisotopic (exact) mass is 515 g/mol. The third kappa shape index (κ3) is 5.69. The molecule has 5 unspecified atom stereocenters. The van der Waals surface area contributed by atoms with Crippen LogP contribution in [0.15, 0.2) is 43.0 Å². The number of hydrogen-bond acceptors (Lipinski definition) is 10. The van der Waals surface area contributed by atoms with Crippen LogP contribution in [0.1, 0.15) is 11.8 Å². The van der Waals surface area contributed by atoms with Crippen LogP contribution in [-0.2, 0) is 24.9 Å². The fourth-order valence-electron chi connectivity index (χ4n) is 3.51. The number of imidazole rings is 1. The molecule has 5 atom stereocenters. The van der Waals surface area contributed by atoms with Crippen LogP contribution < -0.4 is 5.32 Å². The molecule has 0 aliphatic carbocycles. The largest absolute Gasteiger partial charge is 0.387 e. The summed E-state index contributed by atoms with van der Waals surface area (Å²) in [6.45, 7) is -0.204. The molecule has 0 bridgehead atoms. The summed E-state index contributed by atoms with van der Waals surface area (Å²) in [4.78, 5) is 40.1. The minimum absolute atomic E-state index is 0.303. The van der Waals surface area contributed by atoms with Crippen molar-refractivity contribution in [3.63, 3.8) is 0 Å². The summed E-state index contributed by atoms with van der Waals surface area (Å²) in [6, 6.07) is 9.62. The van der Waals surface area contributed by atoms with E-state index >= 15 is 0 Å². The summed E-state index contributed by atoms with van der Waals surface area (Å²) in [5.74, 6) is -0.935. The molecular formula is C18H23N5O9P2. The van der Waals surface area contributed by atoms with Gasteiger partial charge >= 0.3 is 15.2 Å². The van der Waals surface area contributed by atoms with Gasteiger partial charge in [0.1, 0.15) is 24.6 Å². The molecule has 1 fully saturated rings. The quantitative estimate of drug-likeness (QED) is 0.213. The summed E-state index contributed by atoms with van der Waals surface area (Å²) >= 11 is 0. The van der Waals surface area contributed by atoms with E-state index in [1.54, 1.807) is 0 Å². The van der Waals surface area contributed by atoms with Gasteiger partial charge in [0.25, 0.3) is 0 Å². The standard InChI is InChI=1S/C18H23N5O9P2/c24-14-12(7-31-34(29,30)10-33(26,27)28)32-18(15(14)25)23-9-22-13-16(20-8-21-17(13)23)19-6-11-4-2-1-3-5-11/h1-5,8-9,12,14-15,18,24-25H,6-7,10H2,(H,29,30)(H,19,20,21)(H2,26,27,28). The van der Waals surface area contributed by atoms with E-state index in [0.29, 0.717) is 23.5 Å². The Hall–Kier alpha value is -2.25. The van der Waals surface area contributed by atoms with Crippen LogP contribution in [0.25, 0.3) is 11.2 Å². The molecule has 1 saturated heterocycles. The van der Waals surface area contributed by atoms with Gasteiger partial charge in [0.05, 0.1) is 12.9 Å². The molecule has 14 nitrogen and oxygen atoms in total. The number of benzene rings is 1. The highest BCUT2D eigenvalue weighted by Gasteiger charge is 2.45. The minimum Gasteiger partial charge on any atom is -0.387 e. The Labute approximate surface area is 192 Å². The van der Waals surface area contributed by atoms with Gasteiger partial charge in [-0.15, -0.1) is 0 Å². The van der Waals surface area contributed by atoms with Crippen molar-refractivity contribution in [3.05, 3.63) is 48.5 Å². The zero-order valence-corrected chi connectivity index (χ0v) is 19.3. The van der Waals surface area contributed by atoms with Gasteiger partial charge in [-0.05, 0) is 5.56 Å². The van der Waals surface area contributed by atoms with Crippen LogP contribution in [0.2, 0.25) is 0 Å². The second kappa shape index (κ2) is 9.78. The molecule has 3 heterocycles. The van der Waals surface area contributed by atoms with E-state index in [9.17, 15) is 24.2 Å². The number of aliphatic hydroxyl groups excluding tert-OH is 2. The maximum Gasteiger partial charge on any atom is 0.340 e. The predicted molar refractivity (Wildman–Crippen MR) is 118 cm³/mol. The molecule has 0 saturated carbocycles. The fourth-order valence-corrected chi connectivity index (χ4v) is 6.08. The first-order valence-electron chi connectivity index (χ1n) is 10.0. The van der Waals surface area contributed by atoms with E-state index in [4.69, 9.17) is 19.0 Å². The fraction of sp³-hybridized carbons (Fsp3) is 0.389. The molecule has 4 rings (SSSR count). The van der Waals surface area contributed by atoms with Crippen LogP contribution in [-0.4, -0.2) is 75.2 Å². The summed E-state index contributed by atoms with van der Waals surface area (Å²) < 4.78 is 34.6. The molecule has 2 aromatic heterocycles. The maximum atomic E-state index is 11.9. The molecule has 34 heavy (non-hydrogen) atoms. The summed E-state index contributed by atoms with van der Waals surface area (Å²) in [5.41, 5.74) is 1.72. The van der Waals surface area contributed by atoms with Crippen LogP contribution in [0, 0.1) is 0 Å². The van der Waals surface area contributed by atoms with E-state index in [0.717, 1.165) is 5.56 Å². The topological polar surface area (TPSA) is 209 Å². The van der Waals surface area contributed by atoms with Gasteiger partial charge in [-0.3, -0.25) is 13.7 Å². The average molecular weight is 515 g/mol. The predicted octanol–water partition coefficient (Wildman–Crippen LogP) is 0.395. The van der Waals surface area contributed by atoms with Crippen molar-refractivity contribution in [2.75, 3.05) is 17.8 Å². The lowest BCUT2D eigenvalue weighted by Gasteiger charge is -2.18. The number of ether oxygens (including phenoxy) is 1. The van der Waals surface area contributed by atoms with Crippen molar-refractivity contribution < 1.29 is 43.3 Å². The molecule has 16 heteroatoms. The molecule has 1 aliphatic heterocycles. The van der Waals surface area contributed by atoms with Gasteiger partial charge in [-0.1, -0.05) is 30.3 Å². The number of rotatable bonds is 9. The van der Waals surface area contributed by atoms with E-state index in [1.165, 1.54) is 17.2 Å². The molecule has 184 valence electrons. The SMILES string of the molecule is O=P(O)(O)CP(=O)(O)OCC1OC(n2cnc3c(NCc4ccccc4)ncnc32)C(O)C1O. The van der Waals surface area contributed by atoms with Crippen molar-refractivity contribution in [3.8, 4) is 0 Å². The lowest BCUT2D eigenvalue weighted by molar-refractivity contribution is -0.0483. The number of hydrogen-bond donors (Lipinski definition) is 6. The number of fused-ring (bicyclic) bond motifs is 1. The third-order valence-electron chi connectivity index (χ3n) is 5.08. The van der Waals surface area contributed by atoms with Gasteiger partial charge in [-0.25, -0.2) is 15.0 Å². The van der Waals surface area contributed by atoms with Crippen molar-refractivity contribution in [2.24, 2.45) is 0 Å². The van der Waals surface area contributed by atoms with Crippen LogP contribution in [0.5, 0.6) is 0 Å². The van der Waals surface area contributed by atoms with Gasteiger partial charge in [-0.2, -0.15) is 0 Å². The van der Waals surface area contributed by atoms with E-state index < -0.39 is 52.2 Å². The third-order valence-corrected chi connectivity index (χ3v) is 8.53. The van der Waals surface area contributed by atoms with Crippen molar-refractivity contribution in [1.82, 2.24) is 19.5 Å². The summed E-state index contributed by atoms with van der Waals surface area (Å²) in [5, 5.41) is 24.0. The van der Waals surface area contributed by atoms with Gasteiger partial charge < -0.3 is 39.5 Å². The van der Waals surface area contributed by atoms with Crippen LogP contribution in [0.3, 0.4) is 0 Å². The second-order valence-corrected chi connectivity index (χ2v) is 11.7. The molecular weight excluding hydrogens is 492 g/mol. The number of nitrogens with one attached hydrogen (secondary N) is 1. The van der Waals surface area contributed by atoms with Crippen molar-refractivity contribution in [1.29, 1.82) is 0 Å².